The fourth-order valence-electron chi connectivity index (χ4n) is 2.79. The zero-order chi connectivity index (χ0) is 15.5. The van der Waals surface area contributed by atoms with E-state index in [-0.39, 0.29) is 11.6 Å². The van der Waals surface area contributed by atoms with Crippen LogP contribution in [0.25, 0.3) is 0 Å². The van der Waals surface area contributed by atoms with Crippen molar-refractivity contribution < 1.29 is 9.47 Å². The van der Waals surface area contributed by atoms with E-state index >= 15 is 0 Å². The normalized spacial score (nSPS) is 20.2. The minimum absolute atomic E-state index is 0.0422. The van der Waals surface area contributed by atoms with Crippen LogP contribution in [0.4, 0.5) is 0 Å². The van der Waals surface area contributed by atoms with E-state index in [2.05, 4.69) is 30.9 Å². The molecule has 0 aromatic heterocycles. The first-order chi connectivity index (χ1) is 9.91. The van der Waals surface area contributed by atoms with Gasteiger partial charge >= 0.3 is 0 Å². The molecule has 118 valence electrons. The molecule has 2 N–H and O–H groups in total. The van der Waals surface area contributed by atoms with E-state index in [0.29, 0.717) is 6.61 Å². The minimum atomic E-state index is -0.0806. The van der Waals surface area contributed by atoms with Crippen LogP contribution in [0, 0.1) is 0 Å². The smallest absolute Gasteiger partial charge is 0.123 e. The van der Waals surface area contributed by atoms with Gasteiger partial charge in [0.05, 0.1) is 18.8 Å². The van der Waals surface area contributed by atoms with E-state index < -0.39 is 0 Å². The molecule has 4 nitrogen and oxygen atoms in total. The van der Waals surface area contributed by atoms with Crippen molar-refractivity contribution in [1.82, 2.24) is 4.90 Å². The summed E-state index contributed by atoms with van der Waals surface area (Å²) in [5, 5.41) is 0. The highest BCUT2D eigenvalue weighted by Crippen LogP contribution is 2.26. The van der Waals surface area contributed by atoms with Gasteiger partial charge in [-0.2, -0.15) is 0 Å². The molecule has 1 aliphatic heterocycles. The average Bonchev–Trinajstić information content (AvgIpc) is 2.39. The maximum absolute atomic E-state index is 6.01. The molecule has 0 spiro atoms. The molecule has 4 heteroatoms. The third-order valence-electron chi connectivity index (χ3n) is 3.81. The zero-order valence-corrected chi connectivity index (χ0v) is 13.7. The van der Waals surface area contributed by atoms with Crippen molar-refractivity contribution in [3.05, 3.63) is 29.3 Å². The number of benzene rings is 1. The first-order valence-electron chi connectivity index (χ1n) is 7.79. The maximum atomic E-state index is 6.01. The van der Waals surface area contributed by atoms with Crippen LogP contribution in [0.3, 0.4) is 0 Å². The van der Waals surface area contributed by atoms with Gasteiger partial charge in [0, 0.05) is 31.2 Å². The van der Waals surface area contributed by atoms with Gasteiger partial charge in [-0.3, -0.25) is 4.90 Å². The van der Waals surface area contributed by atoms with Crippen LogP contribution in [0.1, 0.15) is 44.9 Å². The fourth-order valence-corrected chi connectivity index (χ4v) is 2.79. The van der Waals surface area contributed by atoms with Gasteiger partial charge in [-0.05, 0) is 45.4 Å². The lowest BCUT2D eigenvalue weighted by atomic mass is 10.0. The summed E-state index contributed by atoms with van der Waals surface area (Å²) in [6.07, 6.45) is 0. The molecule has 1 fully saturated rings. The first kappa shape index (κ1) is 16.3. The fraction of sp³-hybridized carbons (Fsp3) is 0.647. The van der Waals surface area contributed by atoms with Gasteiger partial charge < -0.3 is 15.2 Å². The highest BCUT2D eigenvalue weighted by Gasteiger charge is 2.27. The molecule has 1 saturated heterocycles. The van der Waals surface area contributed by atoms with E-state index in [1.54, 1.807) is 0 Å². The molecule has 21 heavy (non-hydrogen) atoms. The Labute approximate surface area is 128 Å². The van der Waals surface area contributed by atoms with Crippen molar-refractivity contribution in [1.29, 1.82) is 0 Å². The standard InChI is InChI=1S/C17H28N2O2/c1-5-20-16-7-6-14(13(2)18)10-15(16)11-19-8-9-21-17(3,4)12-19/h6-7,10,13H,5,8-9,11-12,18H2,1-4H3. The van der Waals surface area contributed by atoms with Crippen LogP contribution >= 0.6 is 0 Å². The Balaban J connectivity index is 2.18. The van der Waals surface area contributed by atoms with Gasteiger partial charge in [0.2, 0.25) is 0 Å². The number of rotatable bonds is 5. The predicted octanol–water partition coefficient (Wildman–Crippen LogP) is 2.72. The SMILES string of the molecule is CCOc1ccc(C(C)N)cc1CN1CCOC(C)(C)C1. The van der Waals surface area contributed by atoms with Crippen molar-refractivity contribution in [3.8, 4) is 5.75 Å². The highest BCUT2D eigenvalue weighted by atomic mass is 16.5. The molecule has 0 amide bonds. The van der Waals surface area contributed by atoms with E-state index in [1.165, 1.54) is 5.56 Å². The average molecular weight is 292 g/mol. The molecule has 1 aromatic rings. The van der Waals surface area contributed by atoms with Gasteiger partial charge in [-0.1, -0.05) is 6.07 Å². The number of nitrogens with zero attached hydrogens (tertiary/aromatic N) is 1. The number of hydrogen-bond donors (Lipinski definition) is 1. The monoisotopic (exact) mass is 292 g/mol. The molecular weight excluding hydrogens is 264 g/mol. The van der Waals surface area contributed by atoms with Crippen molar-refractivity contribution in [2.75, 3.05) is 26.3 Å². The third-order valence-corrected chi connectivity index (χ3v) is 3.81. The predicted molar refractivity (Wildman–Crippen MR) is 85.5 cm³/mol. The Morgan fingerprint density at radius 2 is 2.19 bits per heavy atom. The van der Waals surface area contributed by atoms with Crippen molar-refractivity contribution in [3.63, 3.8) is 0 Å². The van der Waals surface area contributed by atoms with Crippen LogP contribution < -0.4 is 10.5 Å². The van der Waals surface area contributed by atoms with Crippen LogP contribution in [0.2, 0.25) is 0 Å². The highest BCUT2D eigenvalue weighted by molar-refractivity contribution is 5.38. The molecule has 0 bridgehead atoms. The van der Waals surface area contributed by atoms with Gasteiger partial charge in [0.15, 0.2) is 0 Å². The Morgan fingerprint density at radius 1 is 1.43 bits per heavy atom. The molecule has 2 rings (SSSR count). The van der Waals surface area contributed by atoms with E-state index in [4.69, 9.17) is 15.2 Å². The zero-order valence-electron chi connectivity index (χ0n) is 13.7. The second kappa shape index (κ2) is 6.77. The molecular formula is C17H28N2O2. The molecule has 1 atom stereocenters. The van der Waals surface area contributed by atoms with Crippen LogP contribution in [-0.2, 0) is 11.3 Å². The summed E-state index contributed by atoms with van der Waals surface area (Å²) >= 11 is 0. The molecule has 1 heterocycles. The molecule has 1 aliphatic rings. The summed E-state index contributed by atoms with van der Waals surface area (Å²) in [6.45, 7) is 12.5. The summed E-state index contributed by atoms with van der Waals surface area (Å²) in [7, 11) is 0. The van der Waals surface area contributed by atoms with Gasteiger partial charge in [0.1, 0.15) is 5.75 Å². The van der Waals surface area contributed by atoms with E-state index in [0.717, 1.165) is 37.6 Å². The van der Waals surface area contributed by atoms with Crippen molar-refractivity contribution in [2.45, 2.75) is 45.9 Å². The first-order valence-corrected chi connectivity index (χ1v) is 7.79. The third kappa shape index (κ3) is 4.43. The van der Waals surface area contributed by atoms with Crippen LogP contribution in [-0.4, -0.2) is 36.8 Å². The molecule has 0 radical (unpaired) electrons. The Hall–Kier alpha value is -1.10. The summed E-state index contributed by atoms with van der Waals surface area (Å²) < 4.78 is 11.5. The second-order valence-electron chi connectivity index (χ2n) is 6.41. The van der Waals surface area contributed by atoms with Crippen molar-refractivity contribution in [2.24, 2.45) is 5.73 Å². The van der Waals surface area contributed by atoms with Crippen LogP contribution in [0.5, 0.6) is 5.75 Å². The van der Waals surface area contributed by atoms with Gasteiger partial charge in [-0.25, -0.2) is 0 Å². The second-order valence-corrected chi connectivity index (χ2v) is 6.41. The van der Waals surface area contributed by atoms with Gasteiger partial charge in [-0.15, -0.1) is 0 Å². The summed E-state index contributed by atoms with van der Waals surface area (Å²) in [5.41, 5.74) is 8.29. The number of morpholine rings is 1. The minimum Gasteiger partial charge on any atom is -0.494 e. The topological polar surface area (TPSA) is 47.7 Å². The lowest BCUT2D eigenvalue weighted by Gasteiger charge is -2.38. The lowest BCUT2D eigenvalue weighted by Crippen LogP contribution is -2.47. The van der Waals surface area contributed by atoms with Gasteiger partial charge in [0.25, 0.3) is 0 Å². The summed E-state index contributed by atoms with van der Waals surface area (Å²) in [4.78, 5) is 2.42. The van der Waals surface area contributed by atoms with E-state index in [9.17, 15) is 0 Å². The number of nitrogens with two attached hydrogens (primary N) is 1. The summed E-state index contributed by atoms with van der Waals surface area (Å²) in [5.74, 6) is 0.964. The maximum Gasteiger partial charge on any atom is 0.123 e. The molecule has 0 saturated carbocycles. The Kier molecular flexibility index (Phi) is 5.25. The lowest BCUT2D eigenvalue weighted by molar-refractivity contribution is -0.0884. The molecule has 0 aliphatic carbocycles. The number of ether oxygens (including phenoxy) is 2. The van der Waals surface area contributed by atoms with E-state index in [1.807, 2.05) is 19.9 Å². The summed E-state index contributed by atoms with van der Waals surface area (Å²) in [6, 6.07) is 6.32. The Morgan fingerprint density at radius 3 is 2.81 bits per heavy atom. The van der Waals surface area contributed by atoms with Crippen LogP contribution in [0.15, 0.2) is 18.2 Å². The molecule has 1 aromatic carbocycles. The molecule has 1 unspecified atom stereocenters. The quantitative estimate of drug-likeness (QED) is 0.906. The largest absolute Gasteiger partial charge is 0.494 e. The number of hydrogen-bond acceptors (Lipinski definition) is 4. The van der Waals surface area contributed by atoms with Crippen molar-refractivity contribution >= 4 is 0 Å². The Bertz CT molecular complexity index is 472.